The van der Waals surface area contributed by atoms with Crippen molar-refractivity contribution in [2.75, 3.05) is 27.3 Å². The quantitative estimate of drug-likeness (QED) is 0.714. The second-order valence-corrected chi connectivity index (χ2v) is 4.58. The van der Waals surface area contributed by atoms with Crippen LogP contribution in [0.25, 0.3) is 0 Å². The summed E-state index contributed by atoms with van der Waals surface area (Å²) in [5.74, 6) is 0.129. The van der Waals surface area contributed by atoms with Gasteiger partial charge in [0.2, 0.25) is 5.91 Å². The summed E-state index contributed by atoms with van der Waals surface area (Å²) in [6.45, 7) is 1.26. The molecule has 1 atom stereocenters. The highest BCUT2D eigenvalue weighted by Crippen LogP contribution is 2.11. The molecule has 1 aromatic carbocycles. The molecule has 5 heteroatoms. The number of hydrogen-bond donors (Lipinski definition) is 2. The van der Waals surface area contributed by atoms with E-state index >= 15 is 0 Å². The molecule has 19 heavy (non-hydrogen) atoms. The highest BCUT2D eigenvalue weighted by atomic mass is 16.5. The van der Waals surface area contributed by atoms with E-state index in [-0.39, 0.29) is 11.7 Å². The molecule has 0 spiro atoms. The number of aromatic hydroxyl groups is 1. The number of phenolic OH excluding ortho intramolecular Hbond substituents is 1. The van der Waals surface area contributed by atoms with Crippen LogP contribution in [0.5, 0.6) is 5.75 Å². The molecule has 0 fully saturated rings. The molecule has 0 aromatic heterocycles. The van der Waals surface area contributed by atoms with Crippen LogP contribution in [0.4, 0.5) is 0 Å². The van der Waals surface area contributed by atoms with Crippen LogP contribution in [0.1, 0.15) is 12.0 Å². The van der Waals surface area contributed by atoms with Gasteiger partial charge in [-0.25, -0.2) is 0 Å². The Morgan fingerprint density at radius 3 is 2.63 bits per heavy atom. The van der Waals surface area contributed by atoms with Gasteiger partial charge in [0, 0.05) is 27.3 Å². The molecule has 1 rings (SSSR count). The summed E-state index contributed by atoms with van der Waals surface area (Å²) >= 11 is 0. The summed E-state index contributed by atoms with van der Waals surface area (Å²) in [7, 11) is 3.38. The van der Waals surface area contributed by atoms with E-state index in [9.17, 15) is 9.90 Å². The Hall–Kier alpha value is -1.59. The van der Waals surface area contributed by atoms with Crippen molar-refractivity contribution < 1.29 is 14.6 Å². The average Bonchev–Trinajstić information content (AvgIpc) is 2.40. The number of amides is 1. The van der Waals surface area contributed by atoms with E-state index in [2.05, 4.69) is 0 Å². The molecular formula is C14H22N2O3. The maximum atomic E-state index is 12.0. The lowest BCUT2D eigenvalue weighted by atomic mass is 10.1. The first-order valence-electron chi connectivity index (χ1n) is 6.32. The first-order valence-corrected chi connectivity index (χ1v) is 6.32. The molecule has 0 heterocycles. The Morgan fingerprint density at radius 2 is 2.05 bits per heavy atom. The van der Waals surface area contributed by atoms with Crippen molar-refractivity contribution in [2.45, 2.75) is 18.9 Å². The molecule has 0 unspecified atom stereocenters. The summed E-state index contributed by atoms with van der Waals surface area (Å²) in [6, 6.07) is 6.17. The Bertz CT molecular complexity index is 392. The van der Waals surface area contributed by atoms with Crippen LogP contribution in [0, 0.1) is 0 Å². The Balaban J connectivity index is 2.45. The zero-order chi connectivity index (χ0) is 14.3. The van der Waals surface area contributed by atoms with E-state index in [4.69, 9.17) is 10.5 Å². The monoisotopic (exact) mass is 266 g/mol. The fourth-order valence-electron chi connectivity index (χ4n) is 1.81. The largest absolute Gasteiger partial charge is 0.508 e. The van der Waals surface area contributed by atoms with Crippen LogP contribution in [0.3, 0.4) is 0 Å². The molecule has 0 aliphatic rings. The summed E-state index contributed by atoms with van der Waals surface area (Å²) in [6.07, 6.45) is 1.26. The van der Waals surface area contributed by atoms with Crippen molar-refractivity contribution in [2.24, 2.45) is 5.73 Å². The molecular weight excluding hydrogens is 244 g/mol. The van der Waals surface area contributed by atoms with Gasteiger partial charge in [-0.2, -0.15) is 0 Å². The van der Waals surface area contributed by atoms with Crippen LogP contribution in [-0.4, -0.2) is 49.3 Å². The molecule has 0 saturated carbocycles. The summed E-state index contributed by atoms with van der Waals surface area (Å²) in [5, 5.41) is 9.19. The van der Waals surface area contributed by atoms with E-state index < -0.39 is 6.04 Å². The fraction of sp³-hybridized carbons (Fsp3) is 0.500. The Morgan fingerprint density at radius 1 is 1.42 bits per heavy atom. The normalized spacial score (nSPS) is 12.2. The van der Waals surface area contributed by atoms with Gasteiger partial charge in [0.05, 0.1) is 6.04 Å². The van der Waals surface area contributed by atoms with Crippen molar-refractivity contribution in [1.82, 2.24) is 4.90 Å². The molecule has 1 aromatic rings. The minimum atomic E-state index is -0.558. The van der Waals surface area contributed by atoms with E-state index in [1.54, 1.807) is 43.3 Å². The van der Waals surface area contributed by atoms with Crippen molar-refractivity contribution in [3.8, 4) is 5.75 Å². The third-order valence-electron chi connectivity index (χ3n) is 2.93. The van der Waals surface area contributed by atoms with Crippen LogP contribution in [0.15, 0.2) is 24.3 Å². The second-order valence-electron chi connectivity index (χ2n) is 4.58. The fourth-order valence-corrected chi connectivity index (χ4v) is 1.81. The number of nitrogens with zero attached hydrogens (tertiary/aromatic N) is 1. The maximum absolute atomic E-state index is 12.0. The van der Waals surface area contributed by atoms with Crippen LogP contribution >= 0.6 is 0 Å². The molecule has 0 saturated heterocycles. The molecule has 0 radical (unpaired) electrons. The number of carbonyl (C=O) groups excluding carboxylic acids is 1. The first-order chi connectivity index (χ1) is 9.04. The standard InChI is InChI=1S/C14H22N2O3/c1-16(8-3-9-19-2)14(18)13(15)10-11-4-6-12(17)7-5-11/h4-7,13,17H,3,8-10,15H2,1-2H3/t13-/m0/s1. The Kier molecular flexibility index (Phi) is 6.32. The minimum absolute atomic E-state index is 0.0795. The van der Waals surface area contributed by atoms with Gasteiger partial charge in [-0.05, 0) is 30.5 Å². The predicted molar refractivity (Wildman–Crippen MR) is 73.9 cm³/mol. The summed E-state index contributed by atoms with van der Waals surface area (Å²) in [4.78, 5) is 13.6. The van der Waals surface area contributed by atoms with Gasteiger partial charge in [-0.15, -0.1) is 0 Å². The van der Waals surface area contributed by atoms with Crippen LogP contribution in [0.2, 0.25) is 0 Å². The summed E-state index contributed by atoms with van der Waals surface area (Å²) in [5.41, 5.74) is 6.84. The summed E-state index contributed by atoms with van der Waals surface area (Å²) < 4.78 is 4.95. The molecule has 1 amide bonds. The minimum Gasteiger partial charge on any atom is -0.508 e. The lowest BCUT2D eigenvalue weighted by molar-refractivity contribution is -0.131. The van der Waals surface area contributed by atoms with Crippen molar-refractivity contribution in [3.05, 3.63) is 29.8 Å². The lowest BCUT2D eigenvalue weighted by Gasteiger charge is -2.21. The van der Waals surface area contributed by atoms with Crippen molar-refractivity contribution >= 4 is 5.91 Å². The van der Waals surface area contributed by atoms with Crippen LogP contribution in [-0.2, 0) is 16.0 Å². The molecule has 0 aliphatic heterocycles. The SMILES string of the molecule is COCCCN(C)C(=O)[C@@H](N)Cc1ccc(O)cc1. The molecule has 3 N–H and O–H groups in total. The van der Waals surface area contributed by atoms with Gasteiger partial charge in [0.1, 0.15) is 5.75 Å². The van der Waals surface area contributed by atoms with E-state index in [1.165, 1.54) is 0 Å². The van der Waals surface area contributed by atoms with Crippen molar-refractivity contribution in [1.29, 1.82) is 0 Å². The molecule has 106 valence electrons. The smallest absolute Gasteiger partial charge is 0.239 e. The number of nitrogens with two attached hydrogens (primary N) is 1. The third-order valence-corrected chi connectivity index (χ3v) is 2.93. The number of benzene rings is 1. The van der Waals surface area contributed by atoms with E-state index in [0.717, 1.165) is 12.0 Å². The van der Waals surface area contributed by atoms with E-state index in [0.29, 0.717) is 19.6 Å². The topological polar surface area (TPSA) is 75.8 Å². The van der Waals surface area contributed by atoms with Gasteiger partial charge in [-0.1, -0.05) is 12.1 Å². The van der Waals surface area contributed by atoms with Gasteiger partial charge in [0.15, 0.2) is 0 Å². The van der Waals surface area contributed by atoms with Gasteiger partial charge < -0.3 is 20.5 Å². The van der Waals surface area contributed by atoms with E-state index in [1.807, 2.05) is 0 Å². The first kappa shape index (κ1) is 15.5. The number of carbonyl (C=O) groups is 1. The number of methoxy groups -OCH3 is 1. The maximum Gasteiger partial charge on any atom is 0.239 e. The second kappa shape index (κ2) is 7.76. The lowest BCUT2D eigenvalue weighted by Crippen LogP contribution is -2.43. The van der Waals surface area contributed by atoms with Gasteiger partial charge >= 0.3 is 0 Å². The van der Waals surface area contributed by atoms with Crippen molar-refractivity contribution in [3.63, 3.8) is 0 Å². The number of rotatable bonds is 7. The zero-order valence-corrected chi connectivity index (χ0v) is 11.5. The van der Waals surface area contributed by atoms with Gasteiger partial charge in [0.25, 0.3) is 0 Å². The molecule has 0 aliphatic carbocycles. The number of likely N-dealkylation sites (N-methyl/N-ethyl adjacent to an activating group) is 1. The number of ether oxygens (including phenoxy) is 1. The Labute approximate surface area is 114 Å². The average molecular weight is 266 g/mol. The number of phenols is 1. The van der Waals surface area contributed by atoms with Gasteiger partial charge in [-0.3, -0.25) is 4.79 Å². The predicted octanol–water partition coefficient (Wildman–Crippen LogP) is 0.757. The molecule has 5 nitrogen and oxygen atoms in total. The zero-order valence-electron chi connectivity index (χ0n) is 11.5. The highest BCUT2D eigenvalue weighted by Gasteiger charge is 2.18. The van der Waals surface area contributed by atoms with Crippen LogP contribution < -0.4 is 5.73 Å². The molecule has 0 bridgehead atoms. The highest BCUT2D eigenvalue weighted by molar-refractivity contribution is 5.81. The third kappa shape index (κ3) is 5.28. The number of hydrogen-bond acceptors (Lipinski definition) is 4.